The Hall–Kier alpha value is -9.98. The van der Waals surface area contributed by atoms with Crippen LogP contribution in [-0.4, -0.2) is 83.3 Å². The van der Waals surface area contributed by atoms with Crippen LogP contribution in [0.15, 0.2) is 315 Å². The predicted molar refractivity (Wildman–Crippen MR) is 420 cm³/mol. The minimum atomic E-state index is -1.58. The van der Waals surface area contributed by atoms with E-state index in [2.05, 4.69) is 140 Å². The van der Waals surface area contributed by atoms with Crippen molar-refractivity contribution in [2.45, 2.75) is 58.5 Å². The Morgan fingerprint density at radius 3 is 0.981 bits per heavy atom. The minimum absolute atomic E-state index is 0.0949. The number of hydrogen-bond acceptors (Lipinski definition) is 11. The lowest BCUT2D eigenvalue weighted by Gasteiger charge is -2.11. The number of methoxy groups -OCH3 is 1. The number of esters is 1. The number of ether oxygens (including phenoxy) is 1. The number of benzene rings is 11. The molecule has 0 aliphatic rings. The number of ketones is 5. The van der Waals surface area contributed by atoms with Crippen molar-refractivity contribution in [3.8, 4) is 0 Å². The maximum Gasteiger partial charge on any atom is 0.374 e. The topological polar surface area (TPSA) is 199 Å². The quantitative estimate of drug-likeness (QED) is 0.0241. The molecule has 0 aromatic heterocycles. The molecule has 13 nitrogen and oxygen atoms in total. The number of Topliss-reactive ketones (excluding diaryl/α,β-unsaturated/α-hetero) is 5. The van der Waals surface area contributed by atoms with Gasteiger partial charge in [-0.1, -0.05) is 300 Å². The first-order valence-electron chi connectivity index (χ1n) is 32.3. The van der Waals surface area contributed by atoms with Crippen LogP contribution in [0.2, 0.25) is 0 Å². The number of aliphatic hydroxyl groups is 1. The first-order valence-corrected chi connectivity index (χ1v) is 35.5. The van der Waals surface area contributed by atoms with E-state index < -0.39 is 48.2 Å². The van der Waals surface area contributed by atoms with Crippen molar-refractivity contribution in [3.63, 3.8) is 0 Å². The van der Waals surface area contributed by atoms with Gasteiger partial charge in [0.2, 0.25) is 17.5 Å². The fraction of sp³-hybridized carbons (Fsp3) is 0.140. The molecule has 11 rings (SSSR count). The molecule has 1 atom stereocenters. The second-order valence-electron chi connectivity index (χ2n) is 22.8. The number of carboxylic acids is 1. The molecule has 2 N–H and O–H groups in total. The van der Waals surface area contributed by atoms with Crippen molar-refractivity contribution in [3.05, 3.63) is 387 Å². The highest BCUT2D eigenvalue weighted by Gasteiger charge is 2.20. The molecule has 0 saturated heterocycles. The molecular formula is C86H79Br4NO12. The average Bonchev–Trinajstić information content (AvgIpc) is 0.880. The van der Waals surface area contributed by atoms with Gasteiger partial charge >= 0.3 is 11.9 Å². The standard InChI is InChI=1S/C18H16O4.C17H14O4.C15H14O.C13H11BrO.C13H11Br.C6H4Br2.C4H9NO2/c1-22-18(21)17(20)12-16(19)15-9-5-8-14(11-15)10-13-6-3-2-4-7-13;18-15(11-16(19)17(20)21)14-8-4-7-13(10-14)9-12-5-2-1-3-6-12;1-12(16)15-9-5-8-14(11-15)10-13-6-3-2-4-7-13;14-12-8-4-7-11(9-12)13(15)10-5-2-1-3-6-10;14-13-8-4-7-12(10-13)9-11-5-2-1-3-6-11;7-5-2-1-3-6(8)4-5;1-4(6)5(2)7-3/h2-9,11H,10,12H2,1H3;1-8,10H,9,11H2,(H,20,21);2-9,11H,10H2,1H3;1-9,13,15H;1-8,10H,9H2;1-4H;1-3H3. The van der Waals surface area contributed by atoms with Gasteiger partial charge in [-0.15, -0.1) is 0 Å². The number of carboxylic acid groups (broad SMARTS) is 1. The van der Waals surface area contributed by atoms with Crippen LogP contribution in [0.3, 0.4) is 0 Å². The summed E-state index contributed by atoms with van der Waals surface area (Å²) in [5.74, 6) is -5.33. The van der Waals surface area contributed by atoms with Crippen LogP contribution in [0, 0.1) is 0 Å². The third kappa shape index (κ3) is 33.1. The Morgan fingerprint density at radius 1 is 0.359 bits per heavy atom. The molecule has 11 aromatic carbocycles. The van der Waals surface area contributed by atoms with Crippen LogP contribution in [0.25, 0.3) is 0 Å². The van der Waals surface area contributed by atoms with Gasteiger partial charge in [-0.25, -0.2) is 14.7 Å². The number of aliphatic carboxylic acids is 1. The van der Waals surface area contributed by atoms with E-state index in [0.717, 1.165) is 81.8 Å². The van der Waals surface area contributed by atoms with Gasteiger partial charge in [-0.3, -0.25) is 33.6 Å². The number of nitrogens with zero attached hydrogens (tertiary/aromatic N) is 1. The fourth-order valence-corrected chi connectivity index (χ4v) is 11.4. The summed E-state index contributed by atoms with van der Waals surface area (Å²) in [6.45, 7) is 3.03. The molecule has 0 fully saturated rings. The van der Waals surface area contributed by atoms with Crippen LogP contribution in [0.1, 0.15) is 120 Å². The monoisotopic (exact) mass is 1630 g/mol. The van der Waals surface area contributed by atoms with Crippen LogP contribution < -0.4 is 0 Å². The second-order valence-corrected chi connectivity index (χ2v) is 26.4. The lowest BCUT2D eigenvalue weighted by molar-refractivity contribution is -0.165. The van der Waals surface area contributed by atoms with Crippen LogP contribution in [0.5, 0.6) is 0 Å². The maximum absolute atomic E-state index is 12.1. The van der Waals surface area contributed by atoms with E-state index in [1.165, 1.54) is 36.3 Å². The molecule has 528 valence electrons. The van der Waals surface area contributed by atoms with E-state index in [-0.39, 0.29) is 17.5 Å². The fourth-order valence-electron chi connectivity index (χ4n) is 9.43. The van der Waals surface area contributed by atoms with E-state index in [4.69, 9.17) is 5.11 Å². The van der Waals surface area contributed by atoms with Crippen molar-refractivity contribution in [2.75, 3.05) is 21.3 Å². The SMILES string of the molecule is Brc1cccc(Br)c1.Brc1cccc(Cc2ccccc2)c1.CC(=O)c1cccc(Cc2ccccc2)c1.COC(=O)C(=O)CC(=O)c1cccc(Cc2ccccc2)c1.CON(C)C(C)=O.O=C(O)C(=O)CC(=O)c1cccc(Cc2ccccc2)c1.OC(c1ccccc1)c1cccc(Br)c1. The summed E-state index contributed by atoms with van der Waals surface area (Å²) in [6, 6.07) is 96.0. The number of rotatable bonds is 20. The van der Waals surface area contributed by atoms with Gasteiger partial charge < -0.3 is 14.9 Å². The molecule has 0 aliphatic carbocycles. The highest BCUT2D eigenvalue weighted by Crippen LogP contribution is 2.25. The van der Waals surface area contributed by atoms with E-state index in [1.807, 2.05) is 194 Å². The third-order valence-electron chi connectivity index (χ3n) is 14.8. The van der Waals surface area contributed by atoms with Gasteiger partial charge in [-0.05, 0) is 149 Å². The van der Waals surface area contributed by atoms with Gasteiger partial charge in [-0.2, -0.15) is 0 Å². The summed E-state index contributed by atoms with van der Waals surface area (Å²) in [5.41, 5.74) is 12.7. The number of amides is 1. The zero-order valence-electron chi connectivity index (χ0n) is 57.5. The molecule has 0 aliphatic heterocycles. The maximum atomic E-state index is 12.1. The summed E-state index contributed by atoms with van der Waals surface area (Å²) in [6.07, 6.45) is 1.62. The van der Waals surface area contributed by atoms with E-state index in [1.54, 1.807) is 50.4 Å². The van der Waals surface area contributed by atoms with E-state index >= 15 is 0 Å². The lowest BCUT2D eigenvalue weighted by Crippen LogP contribution is -2.21. The number of carbonyl (C=O) groups excluding carboxylic acids is 7. The van der Waals surface area contributed by atoms with Gasteiger partial charge in [0.15, 0.2) is 17.3 Å². The Balaban J connectivity index is 0.000000222. The molecule has 17 heteroatoms. The van der Waals surface area contributed by atoms with Crippen molar-refractivity contribution >= 4 is 110 Å². The second kappa shape index (κ2) is 46.5. The molecule has 0 saturated carbocycles. The first-order chi connectivity index (χ1) is 49.5. The smallest absolute Gasteiger partial charge is 0.374 e. The van der Waals surface area contributed by atoms with E-state index in [0.29, 0.717) is 24.0 Å². The Kier molecular flexibility index (Phi) is 37.8. The third-order valence-corrected chi connectivity index (χ3v) is 16.8. The van der Waals surface area contributed by atoms with Crippen LogP contribution in [0.4, 0.5) is 0 Å². The normalized spacial score (nSPS) is 10.2. The summed E-state index contributed by atoms with van der Waals surface area (Å²) >= 11 is 13.5. The van der Waals surface area contributed by atoms with E-state index in [9.17, 15) is 43.5 Å². The Morgan fingerprint density at radius 2 is 0.660 bits per heavy atom. The highest BCUT2D eigenvalue weighted by molar-refractivity contribution is 9.11. The zero-order chi connectivity index (χ0) is 74.9. The van der Waals surface area contributed by atoms with Crippen LogP contribution in [-0.2, 0) is 59.2 Å². The van der Waals surface area contributed by atoms with Crippen LogP contribution >= 0.6 is 63.7 Å². The van der Waals surface area contributed by atoms with Crippen molar-refractivity contribution in [1.82, 2.24) is 5.06 Å². The number of hydrogen-bond donors (Lipinski definition) is 2. The number of halogens is 4. The van der Waals surface area contributed by atoms with Gasteiger partial charge in [0.05, 0.1) is 27.1 Å². The number of aliphatic hydroxyl groups excluding tert-OH is 1. The van der Waals surface area contributed by atoms with Crippen molar-refractivity contribution in [1.29, 1.82) is 0 Å². The minimum Gasteiger partial charge on any atom is -0.475 e. The largest absolute Gasteiger partial charge is 0.475 e. The molecule has 11 aromatic rings. The van der Waals surface area contributed by atoms with Crippen molar-refractivity contribution < 1.29 is 58.1 Å². The number of carbonyl (C=O) groups is 8. The molecule has 0 heterocycles. The Labute approximate surface area is 636 Å². The molecule has 1 unspecified atom stereocenters. The molecule has 0 bridgehead atoms. The highest BCUT2D eigenvalue weighted by atomic mass is 79.9. The number of hydroxylamine groups is 2. The molecule has 0 spiro atoms. The van der Waals surface area contributed by atoms with Crippen molar-refractivity contribution in [2.24, 2.45) is 0 Å². The zero-order valence-corrected chi connectivity index (χ0v) is 63.9. The van der Waals surface area contributed by atoms with Gasteiger partial charge in [0.1, 0.15) is 6.10 Å². The molecule has 1 amide bonds. The first kappa shape index (κ1) is 83.7. The van der Waals surface area contributed by atoms with Gasteiger partial charge in [0.25, 0.3) is 0 Å². The summed E-state index contributed by atoms with van der Waals surface area (Å²) < 4.78 is 8.64. The summed E-state index contributed by atoms with van der Waals surface area (Å²) in [7, 11) is 4.12. The molecular weight excluding hydrogens is 1560 g/mol. The average molecular weight is 1640 g/mol. The molecule has 103 heavy (non-hydrogen) atoms. The Bertz CT molecular complexity index is 4470. The lowest BCUT2D eigenvalue weighted by atomic mass is 9.99. The van der Waals surface area contributed by atoms with Gasteiger partial charge in [0, 0.05) is 48.6 Å². The molecule has 0 radical (unpaired) electrons. The summed E-state index contributed by atoms with van der Waals surface area (Å²) in [4.78, 5) is 93.9. The predicted octanol–water partition coefficient (Wildman–Crippen LogP) is 19.4. The summed E-state index contributed by atoms with van der Waals surface area (Å²) in [5, 5.41) is 19.8.